The lowest BCUT2D eigenvalue weighted by Gasteiger charge is -2.27. The monoisotopic (exact) mass is 838 g/mol. The minimum absolute atomic E-state index is 0.0472. The SMILES string of the molecule is C\[N+](=C1C(=C/C=C2/N(CCCCSOO[O-])c3ccccc3C2(C)C)CCC/1=C\C=C1\N(CCCCS(=O)(=O)[O-])c2ccccc2C1(C)C)S(=O)(=O)C(F)(F)F. The van der Waals surface area contributed by atoms with Gasteiger partial charge in [0.25, 0.3) is 0 Å². The Morgan fingerprint density at radius 3 is 1.70 bits per heavy atom. The summed E-state index contributed by atoms with van der Waals surface area (Å²) in [5.74, 6) is 0.0359. The van der Waals surface area contributed by atoms with Crippen LogP contribution in [0.3, 0.4) is 0 Å². The van der Waals surface area contributed by atoms with Gasteiger partial charge >= 0.3 is 15.5 Å². The number of hydrogen-bond acceptors (Lipinski definition) is 11. The van der Waals surface area contributed by atoms with Gasteiger partial charge in [0.05, 0.1) is 10.1 Å². The van der Waals surface area contributed by atoms with Gasteiger partial charge in [-0.3, -0.25) is 5.04 Å². The number of rotatable bonds is 15. The van der Waals surface area contributed by atoms with Gasteiger partial charge in [0.1, 0.15) is 0 Å². The lowest BCUT2D eigenvalue weighted by molar-refractivity contribution is -0.777. The molecule has 11 nitrogen and oxygen atoms in total. The van der Waals surface area contributed by atoms with Crippen LogP contribution in [0.4, 0.5) is 24.5 Å². The van der Waals surface area contributed by atoms with Crippen LogP contribution >= 0.6 is 12.0 Å². The van der Waals surface area contributed by atoms with E-state index in [9.17, 15) is 39.8 Å². The molecule has 5 rings (SSSR count). The summed E-state index contributed by atoms with van der Waals surface area (Å²) in [5.41, 5.74) is -0.161. The molecule has 2 aliphatic heterocycles. The van der Waals surface area contributed by atoms with Crippen molar-refractivity contribution in [1.82, 2.24) is 0 Å². The lowest BCUT2D eigenvalue weighted by Crippen LogP contribution is -2.35. The summed E-state index contributed by atoms with van der Waals surface area (Å²) in [6.45, 7) is 9.14. The van der Waals surface area contributed by atoms with Crippen molar-refractivity contribution in [1.29, 1.82) is 0 Å². The smallest absolute Gasteiger partial charge is 0.560 e. The maximum Gasteiger partial charge on any atom is 0.560 e. The van der Waals surface area contributed by atoms with Gasteiger partial charge < -0.3 is 19.6 Å². The van der Waals surface area contributed by atoms with E-state index in [2.05, 4.69) is 28.1 Å². The average Bonchev–Trinajstić information content (AvgIpc) is 3.70. The van der Waals surface area contributed by atoms with Crippen LogP contribution in [0.1, 0.15) is 77.3 Å². The Morgan fingerprint density at radius 2 is 1.25 bits per heavy atom. The van der Waals surface area contributed by atoms with Crippen molar-refractivity contribution in [3.63, 3.8) is 0 Å². The van der Waals surface area contributed by atoms with Crippen molar-refractivity contribution in [2.75, 3.05) is 41.4 Å². The molecule has 0 N–H and O–H groups in total. The summed E-state index contributed by atoms with van der Waals surface area (Å²) in [6, 6.07) is 15.6. The van der Waals surface area contributed by atoms with Gasteiger partial charge in [0.15, 0.2) is 7.05 Å². The third-order valence-electron chi connectivity index (χ3n) is 10.7. The molecule has 56 heavy (non-hydrogen) atoms. The van der Waals surface area contributed by atoms with Crippen LogP contribution in [0.2, 0.25) is 0 Å². The third kappa shape index (κ3) is 9.14. The Bertz CT molecular complexity index is 2180. The molecule has 1 fully saturated rings. The lowest BCUT2D eigenvalue weighted by atomic mass is 9.83. The Kier molecular flexibility index (Phi) is 13.4. The molecule has 1 aliphatic carbocycles. The number of halogens is 3. The van der Waals surface area contributed by atoms with Crippen molar-refractivity contribution in [2.45, 2.75) is 82.6 Å². The maximum atomic E-state index is 14.1. The molecule has 306 valence electrons. The van der Waals surface area contributed by atoms with E-state index in [0.717, 1.165) is 59.4 Å². The number of para-hydroxylation sites is 2. The first-order valence-electron chi connectivity index (χ1n) is 18.2. The highest BCUT2D eigenvalue weighted by atomic mass is 32.2. The highest BCUT2D eigenvalue weighted by molar-refractivity contribution is 7.94. The van der Waals surface area contributed by atoms with Crippen LogP contribution in [0.15, 0.2) is 95.4 Å². The van der Waals surface area contributed by atoms with Crippen molar-refractivity contribution in [3.8, 4) is 0 Å². The highest BCUT2D eigenvalue weighted by Crippen LogP contribution is 2.49. The summed E-state index contributed by atoms with van der Waals surface area (Å²) in [7, 11) is -9.22. The molecule has 1 saturated carbocycles. The molecule has 3 aliphatic rings. The minimum Gasteiger partial charge on any atom is -0.748 e. The van der Waals surface area contributed by atoms with Crippen molar-refractivity contribution >= 4 is 49.3 Å². The number of anilines is 2. The van der Waals surface area contributed by atoms with Gasteiger partial charge in [-0.1, -0.05) is 76.2 Å². The highest BCUT2D eigenvalue weighted by Gasteiger charge is 2.55. The molecule has 0 amide bonds. The van der Waals surface area contributed by atoms with E-state index in [-0.39, 0.29) is 25.0 Å². The van der Waals surface area contributed by atoms with Crippen LogP contribution < -0.4 is 15.1 Å². The number of hydrogen-bond donors (Lipinski definition) is 0. The first-order chi connectivity index (χ1) is 26.2. The van der Waals surface area contributed by atoms with Crippen LogP contribution in [0, 0.1) is 0 Å². The van der Waals surface area contributed by atoms with Gasteiger partial charge in [0.2, 0.25) is 5.71 Å². The van der Waals surface area contributed by atoms with Gasteiger partial charge in [0, 0.05) is 81.4 Å². The zero-order chi connectivity index (χ0) is 41.1. The molecule has 0 atom stereocenters. The predicted octanol–water partition coefficient (Wildman–Crippen LogP) is 6.91. The number of fused-ring (bicyclic) bond motifs is 2. The van der Waals surface area contributed by atoms with E-state index in [1.807, 2.05) is 73.4 Å². The number of unbranched alkanes of at least 4 members (excludes halogenated alkanes) is 2. The zero-order valence-corrected chi connectivity index (χ0v) is 34.4. The van der Waals surface area contributed by atoms with Gasteiger partial charge in [-0.2, -0.15) is 25.9 Å². The molecule has 0 bridgehead atoms. The Morgan fingerprint density at radius 1 is 0.786 bits per heavy atom. The second-order valence-electron chi connectivity index (χ2n) is 15.0. The van der Waals surface area contributed by atoms with E-state index < -0.39 is 42.2 Å². The summed E-state index contributed by atoms with van der Waals surface area (Å²) < 4.78 is 107. The predicted molar refractivity (Wildman–Crippen MR) is 209 cm³/mol. The first-order valence-corrected chi connectivity index (χ1v) is 22.2. The summed E-state index contributed by atoms with van der Waals surface area (Å²) in [6.07, 6.45) is 9.65. The number of nitrogens with zero attached hydrogens (tertiary/aromatic N) is 3. The Labute approximate surface area is 331 Å². The van der Waals surface area contributed by atoms with Crippen molar-refractivity contribution in [3.05, 3.63) is 107 Å². The van der Waals surface area contributed by atoms with Gasteiger partial charge in [-0.05, 0) is 73.9 Å². The summed E-state index contributed by atoms with van der Waals surface area (Å²) in [5, 5.41) is 13.6. The second-order valence-corrected chi connectivity index (χ2v) is 19.2. The number of allylic oxidation sites excluding steroid dienone is 8. The molecule has 2 heterocycles. The summed E-state index contributed by atoms with van der Waals surface area (Å²) in [4.78, 5) is 4.18. The third-order valence-corrected chi connectivity index (χ3v) is 13.6. The average molecular weight is 839 g/mol. The minimum atomic E-state index is -5.77. The molecule has 2 aromatic carbocycles. The van der Waals surface area contributed by atoms with Crippen LogP contribution in [-0.2, 0) is 40.3 Å². The van der Waals surface area contributed by atoms with E-state index in [1.165, 1.54) is 0 Å². The normalized spacial score (nSPS) is 21.8. The van der Waals surface area contributed by atoms with E-state index in [0.29, 0.717) is 46.8 Å². The molecule has 0 radical (unpaired) electrons. The Balaban J connectivity index is 1.57. The maximum absolute atomic E-state index is 14.1. The molecule has 2 aromatic rings. The molecular formula is C39H47F3N3O8S3-. The largest absolute Gasteiger partial charge is 0.748 e. The molecule has 0 aromatic heterocycles. The second kappa shape index (κ2) is 17.2. The summed E-state index contributed by atoms with van der Waals surface area (Å²) >= 11 is 0.913. The molecule has 0 saturated heterocycles. The molecular weight excluding hydrogens is 792 g/mol. The Hall–Kier alpha value is -3.45. The molecule has 0 spiro atoms. The van der Waals surface area contributed by atoms with Crippen LogP contribution in [0.5, 0.6) is 0 Å². The topological polar surface area (TPSA) is 142 Å². The van der Waals surface area contributed by atoms with E-state index in [4.69, 9.17) is 0 Å². The molecule has 17 heteroatoms. The fraction of sp³-hybridized carbons (Fsp3) is 0.462. The van der Waals surface area contributed by atoms with Crippen molar-refractivity contribution in [2.24, 2.45) is 0 Å². The van der Waals surface area contributed by atoms with Crippen LogP contribution in [0.25, 0.3) is 0 Å². The van der Waals surface area contributed by atoms with Gasteiger partial charge in [-0.25, -0.2) is 8.42 Å². The van der Waals surface area contributed by atoms with E-state index in [1.54, 1.807) is 18.2 Å². The van der Waals surface area contributed by atoms with Crippen molar-refractivity contribution < 1.29 is 53.2 Å². The number of sulfonamides is 1. The number of benzene rings is 2. The zero-order valence-electron chi connectivity index (χ0n) is 32.0. The van der Waals surface area contributed by atoms with Crippen LogP contribution in [-0.4, -0.2) is 68.2 Å². The number of alkyl halides is 3. The standard InChI is InChI=1S/C39H48F3N3O8S3/c1-37(2)30-14-6-8-16-32(30)44(24-10-12-26-54-53-52-46)34(37)22-20-28-18-19-29(36(28)43(5)56(50,51)39(40,41)42)21-23-35-38(3,4)31-15-7-9-17-33(31)45(35)25-11-13-27-55(47,48)49/h6-9,14-17,20-23H,10-13,18-19,24-27H2,1-5H3,(H-,46,47,48,49)/p-1. The first kappa shape index (κ1) is 43.7. The quantitative estimate of drug-likeness (QED) is 0.0462. The van der Waals surface area contributed by atoms with E-state index >= 15 is 0 Å². The fourth-order valence-corrected chi connectivity index (χ4v) is 9.65. The van der Waals surface area contributed by atoms with Gasteiger partial charge in [-0.15, -0.1) is 3.98 Å². The molecule has 0 unspecified atom stereocenters. The fourth-order valence-electron chi connectivity index (χ4n) is 7.87.